The van der Waals surface area contributed by atoms with E-state index in [4.69, 9.17) is 5.73 Å². The fourth-order valence-electron chi connectivity index (χ4n) is 1.80. The van der Waals surface area contributed by atoms with Gasteiger partial charge >= 0.3 is 0 Å². The predicted octanol–water partition coefficient (Wildman–Crippen LogP) is 2.65. The third-order valence-electron chi connectivity index (χ3n) is 2.41. The van der Waals surface area contributed by atoms with Crippen molar-refractivity contribution in [3.05, 3.63) is 23.8 Å². The van der Waals surface area contributed by atoms with Gasteiger partial charge < -0.3 is 10.3 Å². The standard InChI is InChI=1S/C11H13F2N3/c1-11(2,3)16-9-7(15-10(16)14)5-4-6(12)8(9)13/h4-5H,1-3H3,(H2,14,15). The largest absolute Gasteiger partial charge is 0.369 e. The van der Waals surface area contributed by atoms with E-state index in [1.165, 1.54) is 10.6 Å². The molecule has 0 aliphatic carbocycles. The van der Waals surface area contributed by atoms with Crippen LogP contribution in [0.15, 0.2) is 12.1 Å². The Morgan fingerprint density at radius 1 is 1.25 bits per heavy atom. The Kier molecular flexibility index (Phi) is 2.15. The number of halogens is 2. The van der Waals surface area contributed by atoms with Crippen molar-refractivity contribution in [2.75, 3.05) is 5.73 Å². The molecule has 0 fully saturated rings. The number of nitrogens with two attached hydrogens (primary N) is 1. The summed E-state index contributed by atoms with van der Waals surface area (Å²) in [4.78, 5) is 4.02. The number of anilines is 1. The maximum absolute atomic E-state index is 13.7. The molecule has 0 saturated heterocycles. The molecule has 2 rings (SSSR count). The molecule has 86 valence electrons. The molecule has 0 amide bonds. The summed E-state index contributed by atoms with van der Waals surface area (Å²) in [7, 11) is 0. The monoisotopic (exact) mass is 225 g/mol. The molecule has 0 saturated carbocycles. The molecule has 2 N–H and O–H groups in total. The molecule has 5 heteroatoms. The lowest BCUT2D eigenvalue weighted by Crippen LogP contribution is -2.23. The zero-order valence-corrected chi connectivity index (χ0v) is 9.38. The van der Waals surface area contributed by atoms with E-state index in [0.29, 0.717) is 5.52 Å². The van der Waals surface area contributed by atoms with Crippen LogP contribution in [0.2, 0.25) is 0 Å². The first-order valence-electron chi connectivity index (χ1n) is 4.95. The number of fused-ring (bicyclic) bond motifs is 1. The van der Waals surface area contributed by atoms with Crippen molar-refractivity contribution in [2.45, 2.75) is 26.3 Å². The smallest absolute Gasteiger partial charge is 0.201 e. The molecule has 0 spiro atoms. The van der Waals surface area contributed by atoms with E-state index in [1.54, 1.807) is 0 Å². The lowest BCUT2D eigenvalue weighted by atomic mass is 10.1. The Bertz CT molecular complexity index is 552. The van der Waals surface area contributed by atoms with Gasteiger partial charge in [0.1, 0.15) is 5.52 Å². The summed E-state index contributed by atoms with van der Waals surface area (Å²) in [5, 5.41) is 0. The summed E-state index contributed by atoms with van der Waals surface area (Å²) in [5.74, 6) is -1.61. The van der Waals surface area contributed by atoms with Gasteiger partial charge in [0, 0.05) is 5.54 Å². The van der Waals surface area contributed by atoms with Crippen LogP contribution < -0.4 is 5.73 Å². The van der Waals surface area contributed by atoms with Crippen LogP contribution in [-0.4, -0.2) is 9.55 Å². The van der Waals surface area contributed by atoms with Crippen LogP contribution in [0.4, 0.5) is 14.7 Å². The highest BCUT2D eigenvalue weighted by Gasteiger charge is 2.23. The van der Waals surface area contributed by atoms with Gasteiger partial charge in [0.2, 0.25) is 5.95 Å². The Balaban J connectivity index is 2.93. The quantitative estimate of drug-likeness (QED) is 0.749. The molecule has 0 unspecified atom stereocenters. The van der Waals surface area contributed by atoms with Gasteiger partial charge in [0.15, 0.2) is 11.6 Å². The summed E-state index contributed by atoms with van der Waals surface area (Å²) in [6.45, 7) is 5.57. The summed E-state index contributed by atoms with van der Waals surface area (Å²) in [6.07, 6.45) is 0. The van der Waals surface area contributed by atoms with Crippen molar-refractivity contribution in [3.63, 3.8) is 0 Å². The van der Waals surface area contributed by atoms with Gasteiger partial charge in [0.05, 0.1) is 5.52 Å². The highest BCUT2D eigenvalue weighted by molar-refractivity contribution is 5.79. The van der Waals surface area contributed by atoms with Crippen molar-refractivity contribution in [1.29, 1.82) is 0 Å². The molecule has 0 aliphatic heterocycles. The number of aromatic nitrogens is 2. The second-order valence-electron chi connectivity index (χ2n) is 4.71. The van der Waals surface area contributed by atoms with Crippen LogP contribution in [0.3, 0.4) is 0 Å². The molecule has 3 nitrogen and oxygen atoms in total. The van der Waals surface area contributed by atoms with Crippen molar-refractivity contribution >= 4 is 17.0 Å². The van der Waals surface area contributed by atoms with E-state index >= 15 is 0 Å². The number of benzene rings is 1. The van der Waals surface area contributed by atoms with Crippen LogP contribution in [0.1, 0.15) is 20.8 Å². The lowest BCUT2D eigenvalue weighted by Gasteiger charge is -2.23. The minimum Gasteiger partial charge on any atom is -0.369 e. The van der Waals surface area contributed by atoms with Gasteiger partial charge in [-0.3, -0.25) is 0 Å². The zero-order chi connectivity index (χ0) is 12.1. The minimum atomic E-state index is -0.906. The lowest BCUT2D eigenvalue weighted by molar-refractivity contribution is 0.407. The third-order valence-corrected chi connectivity index (χ3v) is 2.41. The number of nitrogen functional groups attached to an aromatic ring is 1. The summed E-state index contributed by atoms with van der Waals surface area (Å²) in [6, 6.07) is 2.48. The average Bonchev–Trinajstić information content (AvgIpc) is 2.48. The molecule has 0 aliphatic rings. The Morgan fingerprint density at radius 2 is 1.88 bits per heavy atom. The average molecular weight is 225 g/mol. The minimum absolute atomic E-state index is 0.116. The van der Waals surface area contributed by atoms with Gasteiger partial charge in [-0.15, -0.1) is 0 Å². The van der Waals surface area contributed by atoms with Crippen LogP contribution in [0.25, 0.3) is 11.0 Å². The molecule has 2 aromatic rings. The van der Waals surface area contributed by atoms with Crippen molar-refractivity contribution in [2.24, 2.45) is 0 Å². The van der Waals surface area contributed by atoms with Crippen LogP contribution in [-0.2, 0) is 5.54 Å². The van der Waals surface area contributed by atoms with Gasteiger partial charge in [-0.1, -0.05) is 0 Å². The van der Waals surface area contributed by atoms with Gasteiger partial charge in [-0.25, -0.2) is 13.8 Å². The maximum atomic E-state index is 13.7. The van der Waals surface area contributed by atoms with Crippen LogP contribution >= 0.6 is 0 Å². The SMILES string of the molecule is CC(C)(C)n1c(N)nc2ccc(F)c(F)c21. The normalized spacial score (nSPS) is 12.3. The van der Waals surface area contributed by atoms with Gasteiger partial charge in [0.25, 0.3) is 0 Å². The Hall–Kier alpha value is -1.65. The first-order valence-corrected chi connectivity index (χ1v) is 4.95. The summed E-state index contributed by atoms with van der Waals surface area (Å²) in [5.41, 5.74) is 5.75. The predicted molar refractivity (Wildman–Crippen MR) is 59.1 cm³/mol. The number of hydrogen-bond acceptors (Lipinski definition) is 2. The van der Waals surface area contributed by atoms with Crippen molar-refractivity contribution in [3.8, 4) is 0 Å². The number of nitrogens with zero attached hydrogens (tertiary/aromatic N) is 2. The summed E-state index contributed by atoms with van der Waals surface area (Å²) >= 11 is 0. The van der Waals surface area contributed by atoms with Crippen LogP contribution in [0.5, 0.6) is 0 Å². The second-order valence-corrected chi connectivity index (χ2v) is 4.71. The Morgan fingerprint density at radius 3 is 2.44 bits per heavy atom. The topological polar surface area (TPSA) is 43.8 Å². The fourth-order valence-corrected chi connectivity index (χ4v) is 1.80. The van der Waals surface area contributed by atoms with E-state index in [2.05, 4.69) is 4.98 Å². The number of rotatable bonds is 0. The molecule has 1 heterocycles. The fraction of sp³-hybridized carbons (Fsp3) is 0.364. The van der Waals surface area contributed by atoms with E-state index < -0.39 is 17.2 Å². The summed E-state index contributed by atoms with van der Waals surface area (Å²) < 4.78 is 28.4. The van der Waals surface area contributed by atoms with Gasteiger partial charge in [-0.05, 0) is 32.9 Å². The van der Waals surface area contributed by atoms with E-state index in [-0.39, 0.29) is 11.5 Å². The molecule has 0 atom stereocenters. The number of imidazole rings is 1. The zero-order valence-electron chi connectivity index (χ0n) is 9.38. The van der Waals surface area contributed by atoms with E-state index in [0.717, 1.165) is 6.07 Å². The van der Waals surface area contributed by atoms with Crippen LogP contribution in [0, 0.1) is 11.6 Å². The van der Waals surface area contributed by atoms with Crippen molar-refractivity contribution in [1.82, 2.24) is 9.55 Å². The second kappa shape index (κ2) is 3.17. The first kappa shape index (κ1) is 10.9. The molecule has 1 aromatic heterocycles. The molecule has 1 aromatic carbocycles. The third kappa shape index (κ3) is 1.43. The number of hydrogen-bond donors (Lipinski definition) is 1. The first-order chi connectivity index (χ1) is 7.32. The van der Waals surface area contributed by atoms with E-state index in [9.17, 15) is 8.78 Å². The van der Waals surface area contributed by atoms with Crippen molar-refractivity contribution < 1.29 is 8.78 Å². The van der Waals surface area contributed by atoms with Gasteiger partial charge in [-0.2, -0.15) is 0 Å². The highest BCUT2D eigenvalue weighted by atomic mass is 19.2. The van der Waals surface area contributed by atoms with E-state index in [1.807, 2.05) is 20.8 Å². The molecule has 0 bridgehead atoms. The molecular weight excluding hydrogens is 212 g/mol. The molecule has 16 heavy (non-hydrogen) atoms. The highest BCUT2D eigenvalue weighted by Crippen LogP contribution is 2.29. The Labute approximate surface area is 91.9 Å². The maximum Gasteiger partial charge on any atom is 0.201 e. The molecular formula is C11H13F2N3. The molecule has 0 radical (unpaired) electrons.